The van der Waals surface area contributed by atoms with Crippen LogP contribution in [0.15, 0.2) is 47.4 Å². The molecule has 40 heavy (non-hydrogen) atoms. The van der Waals surface area contributed by atoms with Crippen LogP contribution in [0.2, 0.25) is 0 Å². The van der Waals surface area contributed by atoms with Crippen molar-refractivity contribution in [3.63, 3.8) is 0 Å². The molecule has 0 bridgehead atoms. The van der Waals surface area contributed by atoms with Gasteiger partial charge >= 0.3 is 6.18 Å². The van der Waals surface area contributed by atoms with Crippen LogP contribution in [0.3, 0.4) is 0 Å². The number of sulfonamides is 1. The van der Waals surface area contributed by atoms with Crippen molar-refractivity contribution in [3.8, 4) is 5.75 Å². The number of nitrogens with one attached hydrogen (secondary N) is 1. The predicted molar refractivity (Wildman–Crippen MR) is 144 cm³/mol. The van der Waals surface area contributed by atoms with Crippen molar-refractivity contribution in [2.24, 2.45) is 0 Å². The lowest BCUT2D eigenvalue weighted by Crippen LogP contribution is -2.40. The number of alkyl halides is 3. The van der Waals surface area contributed by atoms with Gasteiger partial charge in [0.1, 0.15) is 5.75 Å². The van der Waals surface area contributed by atoms with E-state index in [9.17, 15) is 26.4 Å². The van der Waals surface area contributed by atoms with Crippen molar-refractivity contribution >= 4 is 15.9 Å². The molecule has 2 unspecified atom stereocenters. The second kappa shape index (κ2) is 12.1. The summed E-state index contributed by atoms with van der Waals surface area (Å²) in [4.78, 5) is 15.2. The van der Waals surface area contributed by atoms with Gasteiger partial charge in [0.15, 0.2) is 0 Å². The Bertz CT molecular complexity index is 1310. The third kappa shape index (κ3) is 6.63. The van der Waals surface area contributed by atoms with Crippen molar-refractivity contribution in [3.05, 3.63) is 59.2 Å². The standard InChI is InChI=1S/C29H36F3N3O4S/c30-29(31,32)22-7-5-9-24(18-22)40(37,38)35-15-6-8-23(35)19-28(36)33-26-12-16-39-27-17-21(10-11-25(26)27)20-34-13-3-1-2-4-14-34/h5,7,9-11,17-18,23,26H,1-4,6,8,12-16,19-20H2,(H,33,36). The molecule has 2 aromatic carbocycles. The van der Waals surface area contributed by atoms with Crippen molar-refractivity contribution in [2.75, 3.05) is 26.2 Å². The van der Waals surface area contributed by atoms with Gasteiger partial charge in [0.05, 0.1) is 23.1 Å². The molecule has 0 spiro atoms. The number of likely N-dealkylation sites (tertiary alicyclic amines) is 1. The number of hydrogen-bond donors (Lipinski definition) is 1. The summed E-state index contributed by atoms with van der Waals surface area (Å²) in [6.45, 7) is 3.68. The lowest BCUT2D eigenvalue weighted by molar-refractivity contribution is -0.137. The zero-order chi connectivity index (χ0) is 28.3. The molecule has 3 heterocycles. The first kappa shape index (κ1) is 28.9. The van der Waals surface area contributed by atoms with Gasteiger partial charge in [0, 0.05) is 37.5 Å². The van der Waals surface area contributed by atoms with E-state index in [0.717, 1.165) is 43.1 Å². The third-order valence-corrected chi connectivity index (χ3v) is 10.0. The zero-order valence-electron chi connectivity index (χ0n) is 22.5. The normalized spacial score (nSPS) is 22.8. The number of rotatable bonds is 7. The largest absolute Gasteiger partial charge is 0.493 e. The van der Waals surface area contributed by atoms with Gasteiger partial charge in [-0.05, 0) is 68.6 Å². The molecular weight excluding hydrogens is 543 g/mol. The van der Waals surface area contributed by atoms with Crippen molar-refractivity contribution in [1.29, 1.82) is 0 Å². The Kier molecular flexibility index (Phi) is 8.72. The highest BCUT2D eigenvalue weighted by Crippen LogP contribution is 2.35. The number of carbonyl (C=O) groups is 1. The Morgan fingerprint density at radius 1 is 0.975 bits per heavy atom. The minimum atomic E-state index is -4.65. The second-order valence-electron chi connectivity index (χ2n) is 11.0. The zero-order valence-corrected chi connectivity index (χ0v) is 23.3. The number of nitrogens with zero attached hydrogens (tertiary/aromatic N) is 2. The molecular formula is C29H36F3N3O4S. The molecule has 3 aliphatic rings. The summed E-state index contributed by atoms with van der Waals surface area (Å²) in [5.41, 5.74) is 1.06. The number of carbonyl (C=O) groups excluding carboxylic acids is 1. The van der Waals surface area contributed by atoms with Crippen LogP contribution in [0, 0.1) is 0 Å². The lowest BCUT2D eigenvalue weighted by Gasteiger charge is -2.29. The Morgan fingerprint density at radius 3 is 2.50 bits per heavy atom. The fourth-order valence-electron chi connectivity index (χ4n) is 6.00. The molecule has 2 fully saturated rings. The fourth-order valence-corrected chi connectivity index (χ4v) is 7.74. The van der Waals surface area contributed by atoms with Crippen molar-refractivity contribution in [2.45, 2.75) is 81.1 Å². The molecule has 2 atom stereocenters. The predicted octanol–water partition coefficient (Wildman–Crippen LogP) is 5.26. The van der Waals surface area contributed by atoms with Crippen LogP contribution in [-0.2, 0) is 27.5 Å². The van der Waals surface area contributed by atoms with Crippen LogP contribution in [0.5, 0.6) is 5.75 Å². The van der Waals surface area contributed by atoms with Gasteiger partial charge in [0.25, 0.3) is 0 Å². The first-order valence-electron chi connectivity index (χ1n) is 14.1. The fraction of sp³-hybridized carbons (Fsp3) is 0.552. The van der Waals surface area contributed by atoms with Gasteiger partial charge in [0.2, 0.25) is 15.9 Å². The van der Waals surface area contributed by atoms with E-state index in [0.29, 0.717) is 31.9 Å². The first-order chi connectivity index (χ1) is 19.1. The molecule has 0 radical (unpaired) electrons. The molecule has 0 aromatic heterocycles. The Balaban J connectivity index is 1.23. The molecule has 3 aliphatic heterocycles. The lowest BCUT2D eigenvalue weighted by atomic mass is 9.98. The molecule has 1 amide bonds. The molecule has 2 saturated heterocycles. The average molecular weight is 580 g/mol. The minimum Gasteiger partial charge on any atom is -0.493 e. The monoisotopic (exact) mass is 579 g/mol. The topological polar surface area (TPSA) is 79.0 Å². The molecule has 0 aliphatic carbocycles. The summed E-state index contributed by atoms with van der Waals surface area (Å²) in [5.74, 6) is 0.473. The highest BCUT2D eigenvalue weighted by Gasteiger charge is 2.38. The van der Waals surface area contributed by atoms with Gasteiger partial charge in [-0.25, -0.2) is 8.42 Å². The third-order valence-electron chi connectivity index (χ3n) is 8.07. The van der Waals surface area contributed by atoms with Crippen LogP contribution in [0.4, 0.5) is 13.2 Å². The second-order valence-corrected chi connectivity index (χ2v) is 12.9. The van der Waals surface area contributed by atoms with E-state index in [1.807, 2.05) is 6.07 Å². The van der Waals surface area contributed by atoms with E-state index in [1.165, 1.54) is 41.6 Å². The summed E-state index contributed by atoms with van der Waals surface area (Å²) < 4.78 is 73.2. The van der Waals surface area contributed by atoms with Crippen LogP contribution in [-0.4, -0.2) is 55.8 Å². The molecule has 7 nitrogen and oxygen atoms in total. The quantitative estimate of drug-likeness (QED) is 0.484. The van der Waals surface area contributed by atoms with Crippen molar-refractivity contribution < 1.29 is 31.1 Å². The van der Waals surface area contributed by atoms with E-state index in [2.05, 4.69) is 22.3 Å². The molecule has 218 valence electrons. The molecule has 0 saturated carbocycles. The average Bonchev–Trinajstić information content (AvgIpc) is 3.24. The van der Waals surface area contributed by atoms with Gasteiger partial charge in [-0.2, -0.15) is 17.5 Å². The van der Waals surface area contributed by atoms with Crippen LogP contribution >= 0.6 is 0 Å². The maximum atomic E-state index is 13.3. The summed E-state index contributed by atoms with van der Waals surface area (Å²) in [5, 5.41) is 3.05. The van der Waals surface area contributed by atoms with Crippen LogP contribution < -0.4 is 10.1 Å². The molecule has 1 N–H and O–H groups in total. The number of amides is 1. The highest BCUT2D eigenvalue weighted by atomic mass is 32.2. The first-order valence-corrected chi connectivity index (χ1v) is 15.5. The smallest absolute Gasteiger partial charge is 0.416 e. The minimum absolute atomic E-state index is 0.0576. The maximum absolute atomic E-state index is 13.3. The van der Waals surface area contributed by atoms with E-state index < -0.39 is 32.7 Å². The van der Waals surface area contributed by atoms with Gasteiger partial charge in [-0.1, -0.05) is 31.0 Å². The SMILES string of the molecule is O=C(CC1CCCN1S(=O)(=O)c1cccc(C(F)(F)F)c1)NC1CCOc2cc(CN3CCCCCC3)ccc21. The van der Waals surface area contributed by atoms with Crippen LogP contribution in [0.1, 0.15) is 74.1 Å². The van der Waals surface area contributed by atoms with Crippen molar-refractivity contribution in [1.82, 2.24) is 14.5 Å². The van der Waals surface area contributed by atoms with Gasteiger partial charge in [-0.3, -0.25) is 9.69 Å². The Hall–Kier alpha value is -2.63. The maximum Gasteiger partial charge on any atom is 0.416 e. The van der Waals surface area contributed by atoms with Gasteiger partial charge < -0.3 is 10.1 Å². The summed E-state index contributed by atoms with van der Waals surface area (Å²) in [6, 6.07) is 9.04. The number of hydrogen-bond acceptors (Lipinski definition) is 5. The van der Waals surface area contributed by atoms with Gasteiger partial charge in [-0.15, -0.1) is 0 Å². The van der Waals surface area contributed by atoms with Crippen LogP contribution in [0.25, 0.3) is 0 Å². The van der Waals surface area contributed by atoms with E-state index in [1.54, 1.807) is 0 Å². The number of ether oxygens (including phenoxy) is 1. The number of benzene rings is 2. The summed E-state index contributed by atoms with van der Waals surface area (Å²) in [7, 11) is -4.19. The highest BCUT2D eigenvalue weighted by molar-refractivity contribution is 7.89. The Morgan fingerprint density at radius 2 is 1.75 bits per heavy atom. The molecule has 11 heteroatoms. The summed E-state index contributed by atoms with van der Waals surface area (Å²) >= 11 is 0. The summed E-state index contributed by atoms with van der Waals surface area (Å²) in [6.07, 6.45) is 1.89. The number of fused-ring (bicyclic) bond motifs is 1. The van der Waals surface area contributed by atoms with E-state index in [-0.39, 0.29) is 24.9 Å². The molecule has 2 aromatic rings. The number of halogens is 3. The van der Waals surface area contributed by atoms with E-state index in [4.69, 9.17) is 4.74 Å². The van der Waals surface area contributed by atoms with E-state index >= 15 is 0 Å². The Labute approximate surface area is 233 Å². The molecule has 5 rings (SSSR count).